The highest BCUT2D eigenvalue weighted by Gasteiger charge is 2.63. The van der Waals surface area contributed by atoms with Crippen molar-refractivity contribution in [2.24, 2.45) is 11.8 Å². The molecule has 1 N–H and O–H groups in total. The summed E-state index contributed by atoms with van der Waals surface area (Å²) < 4.78 is 0.263. The lowest BCUT2D eigenvalue weighted by atomic mass is 10.0. The Bertz CT molecular complexity index is 682. The molecule has 1 saturated heterocycles. The van der Waals surface area contributed by atoms with E-state index in [1.807, 2.05) is 18.2 Å². The maximum atomic E-state index is 11.2. The average Bonchev–Trinajstić information content (AvgIpc) is 3.45. The van der Waals surface area contributed by atoms with Gasteiger partial charge in [-0.3, -0.25) is 0 Å². The van der Waals surface area contributed by atoms with E-state index in [0.717, 1.165) is 5.56 Å². The molecule has 0 spiro atoms. The van der Waals surface area contributed by atoms with E-state index in [-0.39, 0.29) is 10.2 Å². The number of aliphatic hydroxyl groups is 1. The van der Waals surface area contributed by atoms with Crippen LogP contribution in [-0.2, 0) is 0 Å². The van der Waals surface area contributed by atoms with Crippen LogP contribution in [0.1, 0.15) is 42.9 Å². The largest absolute Gasteiger partial charge is 0.388 e. The Morgan fingerprint density at radius 1 is 1.00 bits per heavy atom. The highest BCUT2D eigenvalue weighted by Crippen LogP contribution is 2.70. The molecule has 0 aromatic heterocycles. The minimum Gasteiger partial charge on any atom is -0.388 e. The SMILES string of the molecule is CCC1([C@@H]2[C@@H](c3ccccc3)[C@@H]2[C@H](O)c2ccccc2)SCCCS1. The summed E-state index contributed by atoms with van der Waals surface area (Å²) in [5, 5.41) is 11.2. The second-order valence-electron chi connectivity index (χ2n) is 7.11. The quantitative estimate of drug-likeness (QED) is 0.726. The van der Waals surface area contributed by atoms with Crippen LogP contribution >= 0.6 is 23.5 Å². The van der Waals surface area contributed by atoms with Crippen LogP contribution in [-0.4, -0.2) is 20.7 Å². The summed E-state index contributed by atoms with van der Waals surface area (Å²) in [7, 11) is 0. The molecule has 1 nitrogen and oxygen atoms in total. The second-order valence-corrected chi connectivity index (χ2v) is 10.2. The van der Waals surface area contributed by atoms with Crippen molar-refractivity contribution in [3.8, 4) is 0 Å². The first-order valence-electron chi connectivity index (χ1n) is 9.33. The summed E-state index contributed by atoms with van der Waals surface area (Å²) in [6, 6.07) is 21.1. The Balaban J connectivity index is 1.67. The van der Waals surface area contributed by atoms with Gasteiger partial charge in [0.2, 0.25) is 0 Å². The van der Waals surface area contributed by atoms with Gasteiger partial charge < -0.3 is 5.11 Å². The Labute approximate surface area is 159 Å². The van der Waals surface area contributed by atoms with Gasteiger partial charge in [-0.15, -0.1) is 23.5 Å². The van der Waals surface area contributed by atoms with Crippen LogP contribution in [0.25, 0.3) is 0 Å². The zero-order chi connectivity index (χ0) is 17.3. The molecule has 0 unspecified atom stereocenters. The predicted molar refractivity (Wildman–Crippen MR) is 110 cm³/mol. The summed E-state index contributed by atoms with van der Waals surface area (Å²) in [5.41, 5.74) is 2.46. The maximum Gasteiger partial charge on any atom is 0.0827 e. The van der Waals surface area contributed by atoms with Crippen LogP contribution in [0, 0.1) is 11.8 Å². The van der Waals surface area contributed by atoms with E-state index in [4.69, 9.17) is 0 Å². The van der Waals surface area contributed by atoms with Gasteiger partial charge in [0.25, 0.3) is 0 Å². The summed E-state index contributed by atoms with van der Waals surface area (Å²) in [5.74, 6) is 3.85. The van der Waals surface area contributed by atoms with E-state index in [2.05, 4.69) is 72.9 Å². The minimum absolute atomic E-state index is 0.263. The first-order valence-corrected chi connectivity index (χ1v) is 11.3. The number of hydrogen-bond acceptors (Lipinski definition) is 3. The Morgan fingerprint density at radius 2 is 1.60 bits per heavy atom. The van der Waals surface area contributed by atoms with Crippen molar-refractivity contribution in [3.05, 3.63) is 71.8 Å². The highest BCUT2D eigenvalue weighted by atomic mass is 32.2. The molecule has 1 saturated carbocycles. The van der Waals surface area contributed by atoms with E-state index in [1.165, 1.54) is 29.9 Å². The summed E-state index contributed by atoms with van der Waals surface area (Å²) >= 11 is 4.30. The number of thioether (sulfide) groups is 2. The predicted octanol–water partition coefficient (Wildman–Crippen LogP) is 5.73. The molecule has 2 aromatic carbocycles. The lowest BCUT2D eigenvalue weighted by Crippen LogP contribution is -2.28. The van der Waals surface area contributed by atoms with Crippen molar-refractivity contribution in [3.63, 3.8) is 0 Å². The van der Waals surface area contributed by atoms with Gasteiger partial charge in [0.15, 0.2) is 0 Å². The Morgan fingerprint density at radius 3 is 2.20 bits per heavy atom. The van der Waals surface area contributed by atoms with Crippen molar-refractivity contribution in [1.29, 1.82) is 0 Å². The van der Waals surface area contributed by atoms with Crippen LogP contribution in [0.4, 0.5) is 0 Å². The van der Waals surface area contributed by atoms with Gasteiger partial charge in [-0.2, -0.15) is 0 Å². The van der Waals surface area contributed by atoms with Crippen LogP contribution in [0.15, 0.2) is 60.7 Å². The average molecular weight is 371 g/mol. The van der Waals surface area contributed by atoms with Crippen molar-refractivity contribution in [2.75, 3.05) is 11.5 Å². The van der Waals surface area contributed by atoms with E-state index in [9.17, 15) is 5.11 Å². The summed E-state index contributed by atoms with van der Waals surface area (Å²) in [4.78, 5) is 0. The second kappa shape index (κ2) is 7.38. The van der Waals surface area contributed by atoms with Crippen LogP contribution in [0.3, 0.4) is 0 Å². The number of hydrogen-bond donors (Lipinski definition) is 1. The van der Waals surface area contributed by atoms with Crippen LogP contribution in [0.2, 0.25) is 0 Å². The van der Waals surface area contributed by atoms with Gasteiger partial charge in [-0.1, -0.05) is 67.6 Å². The monoisotopic (exact) mass is 370 g/mol. The Kier molecular flexibility index (Phi) is 5.17. The zero-order valence-electron chi connectivity index (χ0n) is 14.7. The third-order valence-electron chi connectivity index (χ3n) is 5.75. The van der Waals surface area contributed by atoms with Crippen molar-refractivity contribution in [2.45, 2.75) is 35.9 Å². The molecule has 25 heavy (non-hydrogen) atoms. The van der Waals surface area contributed by atoms with Crippen LogP contribution in [0.5, 0.6) is 0 Å². The fourth-order valence-electron chi connectivity index (χ4n) is 4.49. The molecule has 4 rings (SSSR count). The maximum absolute atomic E-state index is 11.2. The van der Waals surface area contributed by atoms with Crippen molar-refractivity contribution in [1.82, 2.24) is 0 Å². The third-order valence-corrected chi connectivity index (χ3v) is 9.54. The van der Waals surface area contributed by atoms with Crippen molar-refractivity contribution >= 4 is 23.5 Å². The molecular formula is C22H26OS2. The number of rotatable bonds is 5. The minimum atomic E-state index is -0.372. The molecule has 3 heteroatoms. The van der Waals surface area contributed by atoms with Gasteiger partial charge in [0.1, 0.15) is 0 Å². The van der Waals surface area contributed by atoms with E-state index in [0.29, 0.717) is 17.8 Å². The fraction of sp³-hybridized carbons (Fsp3) is 0.455. The molecule has 0 bridgehead atoms. The lowest BCUT2D eigenvalue weighted by molar-refractivity contribution is 0.144. The Hall–Kier alpha value is -0.900. The van der Waals surface area contributed by atoms with Gasteiger partial charge in [0, 0.05) is 5.92 Å². The molecule has 1 heterocycles. The molecule has 1 aliphatic heterocycles. The number of benzene rings is 2. The zero-order valence-corrected chi connectivity index (χ0v) is 16.3. The van der Waals surface area contributed by atoms with Gasteiger partial charge in [0.05, 0.1) is 10.2 Å². The highest BCUT2D eigenvalue weighted by molar-refractivity contribution is 8.18. The molecule has 4 atom stereocenters. The topological polar surface area (TPSA) is 20.2 Å². The molecule has 1 aliphatic carbocycles. The third kappa shape index (κ3) is 3.27. The van der Waals surface area contributed by atoms with Gasteiger partial charge in [-0.05, 0) is 47.3 Å². The van der Waals surface area contributed by atoms with Crippen molar-refractivity contribution < 1.29 is 5.11 Å². The first kappa shape index (κ1) is 17.5. The molecule has 2 fully saturated rings. The van der Waals surface area contributed by atoms with Gasteiger partial charge >= 0.3 is 0 Å². The molecule has 0 amide bonds. The normalized spacial score (nSPS) is 29.1. The summed E-state index contributed by atoms with van der Waals surface area (Å²) in [6.07, 6.45) is 2.11. The molecule has 2 aliphatic rings. The summed E-state index contributed by atoms with van der Waals surface area (Å²) in [6.45, 7) is 2.33. The van der Waals surface area contributed by atoms with E-state index >= 15 is 0 Å². The van der Waals surface area contributed by atoms with Gasteiger partial charge in [-0.25, -0.2) is 0 Å². The standard InChI is InChI=1S/C22H26OS2/c1-2-22(24-14-9-15-25-22)20-18(16-10-5-3-6-11-16)19(20)21(23)17-12-7-4-8-13-17/h3-8,10-13,18-21,23H,2,9,14-15H2,1H3/t18-,19-,20+,21+/m0/s1. The molecular weight excluding hydrogens is 344 g/mol. The smallest absolute Gasteiger partial charge is 0.0827 e. The fourth-order valence-corrected chi connectivity index (χ4v) is 8.18. The molecule has 132 valence electrons. The number of aliphatic hydroxyl groups excluding tert-OH is 1. The van der Waals surface area contributed by atoms with Crippen LogP contribution < -0.4 is 0 Å². The van der Waals surface area contributed by atoms with E-state index < -0.39 is 0 Å². The lowest BCUT2D eigenvalue weighted by Gasteiger charge is -2.36. The molecule has 2 aromatic rings. The molecule has 0 radical (unpaired) electrons. The van der Waals surface area contributed by atoms with E-state index in [1.54, 1.807) is 0 Å². The first-order chi connectivity index (χ1) is 12.3.